The van der Waals surface area contributed by atoms with Gasteiger partial charge in [-0.15, -0.1) is 11.8 Å². The van der Waals surface area contributed by atoms with Crippen molar-refractivity contribution in [1.82, 2.24) is 10.6 Å². The topological polar surface area (TPSA) is 129 Å². The van der Waals surface area contributed by atoms with Gasteiger partial charge >= 0.3 is 6.16 Å². The van der Waals surface area contributed by atoms with E-state index >= 15 is 0 Å². The van der Waals surface area contributed by atoms with E-state index in [1.54, 1.807) is 14.0 Å². The van der Waals surface area contributed by atoms with E-state index < -0.39 is 16.6 Å². The zero-order valence-electron chi connectivity index (χ0n) is 21.8. The molecule has 0 aromatic heterocycles. The highest BCUT2D eigenvalue weighted by atomic mass is 32.2. The summed E-state index contributed by atoms with van der Waals surface area (Å²) >= 11 is 1.50. The summed E-state index contributed by atoms with van der Waals surface area (Å²) in [6.07, 6.45) is 4.35. The number of aryl methyl sites for hydroxylation is 2. The number of methoxy groups -OCH3 is 1. The highest BCUT2D eigenvalue weighted by molar-refractivity contribution is 8.03. The SMILES string of the molecule is CCOC(=O)OC1=C(c2cc(C)ccc2C)C(=O)N[C@]12CC[C@@H](OC)CC2.O=[N+]([O-])/C=C1/NCCCS1. The number of nitro groups is 1. The number of rotatable bonds is 5. The molecule has 0 atom stereocenters. The third-order valence-corrected chi connectivity index (χ3v) is 7.63. The molecule has 1 spiro atoms. The van der Waals surface area contributed by atoms with Crippen molar-refractivity contribution in [3.63, 3.8) is 0 Å². The maximum atomic E-state index is 13.0. The van der Waals surface area contributed by atoms with E-state index in [1.165, 1.54) is 11.8 Å². The van der Waals surface area contributed by atoms with Crippen LogP contribution in [0.25, 0.3) is 5.57 Å². The maximum Gasteiger partial charge on any atom is 0.513 e. The third kappa shape index (κ3) is 7.26. The second-order valence-corrected chi connectivity index (χ2v) is 10.3. The van der Waals surface area contributed by atoms with Gasteiger partial charge in [0.25, 0.3) is 12.1 Å². The molecule has 1 aromatic rings. The molecule has 4 rings (SSSR count). The van der Waals surface area contributed by atoms with Crippen molar-refractivity contribution in [3.05, 3.63) is 62.0 Å². The van der Waals surface area contributed by atoms with Gasteiger partial charge in [-0.3, -0.25) is 14.9 Å². The molecule has 1 saturated carbocycles. The van der Waals surface area contributed by atoms with Crippen LogP contribution >= 0.6 is 11.8 Å². The molecule has 2 heterocycles. The smallest absolute Gasteiger partial charge is 0.434 e. The van der Waals surface area contributed by atoms with E-state index in [0.717, 1.165) is 54.5 Å². The standard InChI is InChI=1S/C21H27NO5.C5H8N2O2S/c1-5-26-20(24)27-18-17(16-12-13(2)6-7-14(16)3)19(23)22-21(18)10-8-15(25-4)9-11-21;8-7(9)4-5-6-2-1-3-10-5/h6-7,12,15H,5,8-11H2,1-4H3,(H,22,23);4,6H,1-3H2/b;5-4-/t15-,21+;. The molecule has 2 N–H and O–H groups in total. The molecular weight excluding hydrogens is 498 g/mol. The van der Waals surface area contributed by atoms with Crippen LogP contribution in [0, 0.1) is 24.0 Å². The summed E-state index contributed by atoms with van der Waals surface area (Å²) in [5, 5.41) is 16.7. The van der Waals surface area contributed by atoms with Gasteiger partial charge in [0, 0.05) is 19.4 Å². The van der Waals surface area contributed by atoms with Crippen molar-refractivity contribution < 1.29 is 28.7 Å². The Balaban J connectivity index is 0.000000319. The number of amides is 1. The average molecular weight is 534 g/mol. The van der Waals surface area contributed by atoms with E-state index in [-0.39, 0.29) is 18.6 Å². The Hall–Kier alpha value is -3.05. The minimum Gasteiger partial charge on any atom is -0.434 e. The summed E-state index contributed by atoms with van der Waals surface area (Å²) in [5.41, 5.74) is 2.52. The summed E-state index contributed by atoms with van der Waals surface area (Å²) in [6, 6.07) is 5.93. The molecule has 1 amide bonds. The maximum absolute atomic E-state index is 13.0. The molecule has 202 valence electrons. The van der Waals surface area contributed by atoms with Crippen molar-refractivity contribution in [2.45, 2.75) is 64.5 Å². The number of nitrogens with zero attached hydrogens (tertiary/aromatic N) is 1. The van der Waals surface area contributed by atoms with Crippen molar-refractivity contribution >= 4 is 29.4 Å². The number of benzene rings is 1. The fourth-order valence-corrected chi connectivity index (χ4v) is 5.55. The van der Waals surface area contributed by atoms with Gasteiger partial charge in [0.2, 0.25) is 0 Å². The Morgan fingerprint density at radius 1 is 1.30 bits per heavy atom. The predicted octanol–water partition coefficient (Wildman–Crippen LogP) is 4.43. The van der Waals surface area contributed by atoms with Crippen LogP contribution in [0.3, 0.4) is 0 Å². The minimum absolute atomic E-state index is 0.154. The average Bonchev–Trinajstić information content (AvgIpc) is 3.12. The molecule has 3 aliphatic rings. The third-order valence-electron chi connectivity index (χ3n) is 6.57. The first-order valence-corrected chi connectivity index (χ1v) is 13.4. The Kier molecular flexibility index (Phi) is 9.99. The monoisotopic (exact) mass is 533 g/mol. The molecule has 0 unspecified atom stereocenters. The van der Waals surface area contributed by atoms with Gasteiger partial charge in [-0.25, -0.2) is 4.79 Å². The summed E-state index contributed by atoms with van der Waals surface area (Å²) in [7, 11) is 1.70. The van der Waals surface area contributed by atoms with Crippen molar-refractivity contribution in [1.29, 1.82) is 0 Å². The molecular formula is C26H35N3O7S. The van der Waals surface area contributed by atoms with Crippen LogP contribution in [0.5, 0.6) is 0 Å². The summed E-state index contributed by atoms with van der Waals surface area (Å²) in [6.45, 7) is 6.71. The van der Waals surface area contributed by atoms with Crippen LogP contribution in [-0.2, 0) is 19.0 Å². The number of hydrogen-bond acceptors (Lipinski definition) is 9. The van der Waals surface area contributed by atoms with Crippen LogP contribution in [0.15, 0.2) is 35.2 Å². The molecule has 0 radical (unpaired) electrons. The number of nitrogens with one attached hydrogen (secondary N) is 2. The van der Waals surface area contributed by atoms with Crippen LogP contribution in [0.4, 0.5) is 4.79 Å². The van der Waals surface area contributed by atoms with Gasteiger partial charge in [-0.05, 0) is 64.0 Å². The van der Waals surface area contributed by atoms with Gasteiger partial charge in [0.15, 0.2) is 0 Å². The van der Waals surface area contributed by atoms with Crippen molar-refractivity contribution in [2.75, 3.05) is 26.0 Å². The molecule has 1 aromatic carbocycles. The van der Waals surface area contributed by atoms with Crippen LogP contribution in [-0.4, -0.2) is 54.6 Å². The van der Waals surface area contributed by atoms with E-state index in [2.05, 4.69) is 10.6 Å². The second kappa shape index (κ2) is 13.0. The fourth-order valence-electron chi connectivity index (χ4n) is 4.68. The lowest BCUT2D eigenvalue weighted by Gasteiger charge is -2.37. The minimum atomic E-state index is -0.778. The van der Waals surface area contributed by atoms with Gasteiger partial charge in [-0.2, -0.15) is 0 Å². The fraction of sp³-hybridized carbons (Fsp3) is 0.538. The molecule has 0 bridgehead atoms. The number of carbonyl (C=O) groups is 2. The quantitative estimate of drug-likeness (QED) is 0.321. The van der Waals surface area contributed by atoms with Crippen LogP contribution in [0.1, 0.15) is 55.7 Å². The first kappa shape index (κ1) is 28.5. The molecule has 2 fully saturated rings. The number of thioether (sulfide) groups is 1. The molecule has 1 saturated heterocycles. The van der Waals surface area contributed by atoms with Crippen molar-refractivity contribution in [3.8, 4) is 0 Å². The van der Waals surface area contributed by atoms with Gasteiger partial charge in [0.1, 0.15) is 10.8 Å². The molecule has 10 nitrogen and oxygen atoms in total. The van der Waals surface area contributed by atoms with E-state index in [0.29, 0.717) is 29.2 Å². The highest BCUT2D eigenvalue weighted by Crippen LogP contribution is 2.44. The van der Waals surface area contributed by atoms with E-state index in [9.17, 15) is 19.7 Å². The molecule has 11 heteroatoms. The molecule has 2 aliphatic heterocycles. The lowest BCUT2D eigenvalue weighted by Crippen LogP contribution is -2.49. The summed E-state index contributed by atoms with van der Waals surface area (Å²) in [4.78, 5) is 34.6. The lowest BCUT2D eigenvalue weighted by atomic mass is 9.79. The molecule has 1 aliphatic carbocycles. The molecule has 37 heavy (non-hydrogen) atoms. The lowest BCUT2D eigenvalue weighted by molar-refractivity contribution is -0.403. The largest absolute Gasteiger partial charge is 0.513 e. The Labute approximate surface area is 221 Å². The Bertz CT molecular complexity index is 1070. The zero-order valence-corrected chi connectivity index (χ0v) is 22.6. The van der Waals surface area contributed by atoms with E-state index in [4.69, 9.17) is 14.2 Å². The first-order chi connectivity index (χ1) is 17.7. The van der Waals surface area contributed by atoms with Gasteiger partial charge < -0.3 is 24.8 Å². The van der Waals surface area contributed by atoms with E-state index in [1.807, 2.05) is 32.0 Å². The number of ether oxygens (including phenoxy) is 3. The number of hydrogen-bond donors (Lipinski definition) is 2. The number of carbonyl (C=O) groups excluding carboxylic acids is 2. The van der Waals surface area contributed by atoms with Gasteiger partial charge in [-0.1, -0.05) is 23.8 Å². The summed E-state index contributed by atoms with van der Waals surface area (Å²) < 4.78 is 16.1. The normalized spacial score (nSPS) is 24.2. The predicted molar refractivity (Wildman–Crippen MR) is 141 cm³/mol. The second-order valence-electron chi connectivity index (χ2n) is 9.19. The van der Waals surface area contributed by atoms with Gasteiger partial charge in [0.05, 0.1) is 28.7 Å². The van der Waals surface area contributed by atoms with Crippen molar-refractivity contribution in [2.24, 2.45) is 0 Å². The Morgan fingerprint density at radius 3 is 2.62 bits per heavy atom. The highest BCUT2D eigenvalue weighted by Gasteiger charge is 2.50. The zero-order chi connectivity index (χ0) is 27.0. The summed E-state index contributed by atoms with van der Waals surface area (Å²) in [5.74, 6) is 1.15. The Morgan fingerprint density at radius 2 is 2.03 bits per heavy atom. The first-order valence-electron chi connectivity index (χ1n) is 12.4. The van der Waals surface area contributed by atoms with Crippen LogP contribution < -0.4 is 10.6 Å². The van der Waals surface area contributed by atoms with Crippen LogP contribution in [0.2, 0.25) is 0 Å².